The second kappa shape index (κ2) is 5.83. The lowest BCUT2D eigenvalue weighted by Crippen LogP contribution is -2.40. The standard InChI is InChI=1S/C16H18N6O/c23-14(9-13-17-6-7-18-13)22-8-2-3-11(10-22)15-12-4-1-5-19-16(12)21-20-15/h1,4-7,11H,2-3,8-10H2,(H,17,18)(H,19,20,21). The maximum Gasteiger partial charge on any atom is 0.230 e. The van der Waals surface area contributed by atoms with Crippen LogP contribution < -0.4 is 0 Å². The highest BCUT2D eigenvalue weighted by atomic mass is 16.2. The fourth-order valence-electron chi connectivity index (χ4n) is 3.27. The van der Waals surface area contributed by atoms with Crippen LogP contribution in [0.1, 0.15) is 30.3 Å². The van der Waals surface area contributed by atoms with Gasteiger partial charge < -0.3 is 9.88 Å². The molecule has 3 aromatic rings. The van der Waals surface area contributed by atoms with Gasteiger partial charge in [-0.25, -0.2) is 9.97 Å². The number of hydrogen-bond donors (Lipinski definition) is 2. The number of aromatic nitrogens is 5. The molecule has 23 heavy (non-hydrogen) atoms. The molecule has 1 unspecified atom stereocenters. The van der Waals surface area contributed by atoms with E-state index >= 15 is 0 Å². The summed E-state index contributed by atoms with van der Waals surface area (Å²) in [5, 5.41) is 8.44. The van der Waals surface area contributed by atoms with Crippen LogP contribution in [-0.2, 0) is 11.2 Å². The van der Waals surface area contributed by atoms with E-state index in [1.54, 1.807) is 18.6 Å². The molecule has 4 heterocycles. The summed E-state index contributed by atoms with van der Waals surface area (Å²) in [5.74, 6) is 1.11. The van der Waals surface area contributed by atoms with Crippen LogP contribution in [0.15, 0.2) is 30.7 Å². The van der Waals surface area contributed by atoms with Gasteiger partial charge in [0.15, 0.2) is 5.65 Å². The quantitative estimate of drug-likeness (QED) is 0.769. The molecule has 0 bridgehead atoms. The molecule has 0 aromatic carbocycles. The molecule has 1 atom stereocenters. The second-order valence-corrected chi connectivity index (χ2v) is 5.90. The highest BCUT2D eigenvalue weighted by Crippen LogP contribution is 2.30. The smallest absolute Gasteiger partial charge is 0.230 e. The van der Waals surface area contributed by atoms with Crippen LogP contribution in [0.3, 0.4) is 0 Å². The highest BCUT2D eigenvalue weighted by Gasteiger charge is 2.27. The third-order valence-electron chi connectivity index (χ3n) is 4.41. The van der Waals surface area contributed by atoms with E-state index in [0.29, 0.717) is 18.8 Å². The minimum absolute atomic E-state index is 0.117. The number of amides is 1. The summed E-state index contributed by atoms with van der Waals surface area (Å²) in [7, 11) is 0. The van der Waals surface area contributed by atoms with Crippen LogP contribution in [0, 0.1) is 0 Å². The summed E-state index contributed by atoms with van der Waals surface area (Å²) in [6.07, 6.45) is 7.53. The van der Waals surface area contributed by atoms with Gasteiger partial charge in [-0.3, -0.25) is 9.89 Å². The number of pyridine rings is 1. The number of hydrogen-bond acceptors (Lipinski definition) is 4. The van der Waals surface area contributed by atoms with Crippen molar-refractivity contribution in [3.63, 3.8) is 0 Å². The second-order valence-electron chi connectivity index (χ2n) is 5.90. The van der Waals surface area contributed by atoms with Crippen molar-refractivity contribution < 1.29 is 4.79 Å². The van der Waals surface area contributed by atoms with E-state index in [4.69, 9.17) is 0 Å². The number of aromatic amines is 2. The van der Waals surface area contributed by atoms with Gasteiger partial charge in [0.1, 0.15) is 5.82 Å². The van der Waals surface area contributed by atoms with Crippen LogP contribution in [0.2, 0.25) is 0 Å². The Balaban J connectivity index is 1.51. The number of nitrogens with zero attached hydrogens (tertiary/aromatic N) is 4. The van der Waals surface area contributed by atoms with E-state index in [1.165, 1.54) is 0 Å². The molecule has 2 N–H and O–H groups in total. The Morgan fingerprint density at radius 2 is 2.30 bits per heavy atom. The third kappa shape index (κ3) is 2.69. The van der Waals surface area contributed by atoms with Gasteiger partial charge >= 0.3 is 0 Å². The molecule has 0 aliphatic carbocycles. The Kier molecular flexibility index (Phi) is 3.53. The lowest BCUT2D eigenvalue weighted by molar-refractivity contribution is -0.131. The molecule has 3 aromatic heterocycles. The van der Waals surface area contributed by atoms with E-state index in [0.717, 1.165) is 36.1 Å². The highest BCUT2D eigenvalue weighted by molar-refractivity contribution is 5.79. The predicted octanol–water partition coefficient (Wildman–Crippen LogP) is 1.63. The molecule has 1 aliphatic rings. The summed E-state index contributed by atoms with van der Waals surface area (Å²) < 4.78 is 0. The van der Waals surface area contributed by atoms with Gasteiger partial charge in [-0.05, 0) is 25.0 Å². The number of carbonyl (C=O) groups is 1. The fraction of sp³-hybridized carbons (Fsp3) is 0.375. The average Bonchev–Trinajstić information content (AvgIpc) is 3.24. The summed E-state index contributed by atoms with van der Waals surface area (Å²) in [6, 6.07) is 3.95. The summed E-state index contributed by atoms with van der Waals surface area (Å²) in [4.78, 5) is 25.8. The largest absolute Gasteiger partial charge is 0.348 e. The van der Waals surface area contributed by atoms with Gasteiger partial charge in [0.05, 0.1) is 6.42 Å². The number of fused-ring (bicyclic) bond motifs is 1. The van der Waals surface area contributed by atoms with Gasteiger partial charge in [0.25, 0.3) is 0 Å². The first-order chi connectivity index (χ1) is 11.3. The van der Waals surface area contributed by atoms with Crippen molar-refractivity contribution >= 4 is 16.9 Å². The van der Waals surface area contributed by atoms with E-state index in [-0.39, 0.29) is 11.8 Å². The number of H-pyrrole nitrogens is 2. The number of nitrogens with one attached hydrogen (secondary N) is 2. The molecule has 7 heteroatoms. The maximum absolute atomic E-state index is 12.5. The third-order valence-corrected chi connectivity index (χ3v) is 4.41. The van der Waals surface area contributed by atoms with Crippen molar-refractivity contribution in [2.24, 2.45) is 0 Å². The monoisotopic (exact) mass is 310 g/mol. The molecular weight excluding hydrogens is 292 g/mol. The Bertz CT molecular complexity index is 809. The van der Waals surface area contributed by atoms with Crippen LogP contribution in [0.5, 0.6) is 0 Å². The minimum atomic E-state index is 0.117. The number of rotatable bonds is 3. The number of imidazole rings is 1. The topological polar surface area (TPSA) is 90.6 Å². The molecule has 118 valence electrons. The van der Waals surface area contributed by atoms with Gasteiger partial charge in [0, 0.05) is 48.7 Å². The van der Waals surface area contributed by atoms with Gasteiger partial charge in [-0.15, -0.1) is 0 Å². The van der Waals surface area contributed by atoms with Crippen molar-refractivity contribution in [2.75, 3.05) is 13.1 Å². The van der Waals surface area contributed by atoms with Crippen LogP contribution in [-0.4, -0.2) is 49.0 Å². The Morgan fingerprint density at radius 3 is 3.17 bits per heavy atom. The van der Waals surface area contributed by atoms with Crippen molar-refractivity contribution in [1.29, 1.82) is 0 Å². The molecular formula is C16H18N6O. The molecule has 0 saturated carbocycles. The van der Waals surface area contributed by atoms with Gasteiger partial charge in [0.2, 0.25) is 5.91 Å². The first-order valence-corrected chi connectivity index (χ1v) is 7.86. The van der Waals surface area contributed by atoms with E-state index in [2.05, 4.69) is 25.1 Å². The first kappa shape index (κ1) is 13.9. The first-order valence-electron chi connectivity index (χ1n) is 7.86. The predicted molar refractivity (Wildman–Crippen MR) is 84.7 cm³/mol. The van der Waals surface area contributed by atoms with Crippen molar-refractivity contribution in [3.05, 3.63) is 42.2 Å². The molecule has 1 amide bonds. The van der Waals surface area contributed by atoms with Gasteiger partial charge in [-0.1, -0.05) is 0 Å². The SMILES string of the molecule is O=C(Cc1ncc[nH]1)N1CCCC(c2[nH]nc3ncccc23)C1. The molecule has 4 rings (SSSR count). The van der Waals surface area contributed by atoms with Crippen LogP contribution >= 0.6 is 0 Å². The minimum Gasteiger partial charge on any atom is -0.348 e. The van der Waals surface area contributed by atoms with Crippen LogP contribution in [0.25, 0.3) is 11.0 Å². The molecule has 7 nitrogen and oxygen atoms in total. The van der Waals surface area contributed by atoms with E-state index in [9.17, 15) is 4.79 Å². The molecule has 1 aliphatic heterocycles. The van der Waals surface area contributed by atoms with Crippen LogP contribution in [0.4, 0.5) is 0 Å². The van der Waals surface area contributed by atoms with Crippen molar-refractivity contribution in [2.45, 2.75) is 25.2 Å². The maximum atomic E-state index is 12.5. The average molecular weight is 310 g/mol. The van der Waals surface area contributed by atoms with Crippen molar-refractivity contribution in [1.82, 2.24) is 30.0 Å². The molecule has 1 fully saturated rings. The number of piperidine rings is 1. The zero-order valence-corrected chi connectivity index (χ0v) is 12.7. The van der Waals surface area contributed by atoms with E-state index < -0.39 is 0 Å². The molecule has 1 saturated heterocycles. The Hall–Kier alpha value is -2.70. The molecule has 0 radical (unpaired) electrons. The summed E-state index contributed by atoms with van der Waals surface area (Å²) >= 11 is 0. The normalized spacial score (nSPS) is 18.4. The zero-order chi connectivity index (χ0) is 15.6. The summed E-state index contributed by atoms with van der Waals surface area (Å²) in [6.45, 7) is 1.52. The Morgan fingerprint density at radius 1 is 1.35 bits per heavy atom. The summed E-state index contributed by atoms with van der Waals surface area (Å²) in [5.41, 5.74) is 1.82. The number of likely N-dealkylation sites (tertiary alicyclic amines) is 1. The Labute approximate surface area is 133 Å². The zero-order valence-electron chi connectivity index (χ0n) is 12.7. The fourth-order valence-corrected chi connectivity index (χ4v) is 3.27. The molecule has 0 spiro atoms. The van der Waals surface area contributed by atoms with Gasteiger partial charge in [-0.2, -0.15) is 5.10 Å². The van der Waals surface area contributed by atoms with E-state index in [1.807, 2.05) is 17.0 Å². The van der Waals surface area contributed by atoms with Crippen molar-refractivity contribution in [3.8, 4) is 0 Å². The lowest BCUT2D eigenvalue weighted by atomic mass is 9.93. The number of carbonyl (C=O) groups excluding carboxylic acids is 1. The lowest BCUT2D eigenvalue weighted by Gasteiger charge is -2.32.